The highest BCUT2D eigenvalue weighted by Crippen LogP contribution is 2.35. The number of halogens is 2. The Labute approximate surface area is 197 Å². The zero-order valence-electron chi connectivity index (χ0n) is 16.9. The van der Waals surface area contributed by atoms with Gasteiger partial charge in [-0.1, -0.05) is 30.3 Å². The topological polar surface area (TPSA) is 69.2 Å². The van der Waals surface area contributed by atoms with Crippen LogP contribution < -0.4 is 19.6 Å². The first-order valence-electron chi connectivity index (χ1n) is 9.23. The van der Waals surface area contributed by atoms with Crippen LogP contribution in [0.5, 0.6) is 17.2 Å². The summed E-state index contributed by atoms with van der Waals surface area (Å²) in [5.74, 6) is 1.29. The van der Waals surface area contributed by atoms with Gasteiger partial charge in [-0.15, -0.1) is 0 Å². The molecule has 0 saturated heterocycles. The summed E-state index contributed by atoms with van der Waals surface area (Å²) < 4.78 is 17.9. The summed E-state index contributed by atoms with van der Waals surface area (Å²) >= 11 is 7.06. The van der Waals surface area contributed by atoms with Crippen molar-refractivity contribution in [2.45, 2.75) is 6.61 Å². The van der Waals surface area contributed by atoms with Crippen LogP contribution in [0.15, 0.2) is 74.7 Å². The molecule has 1 amide bonds. The van der Waals surface area contributed by atoms with Crippen LogP contribution >= 0.6 is 31.9 Å². The molecule has 3 rings (SSSR count). The van der Waals surface area contributed by atoms with Crippen LogP contribution in [0, 0.1) is 0 Å². The van der Waals surface area contributed by atoms with E-state index in [0.29, 0.717) is 29.4 Å². The zero-order valence-corrected chi connectivity index (χ0v) is 20.1. The summed E-state index contributed by atoms with van der Waals surface area (Å²) in [7, 11) is 3.04. The first kappa shape index (κ1) is 22.8. The van der Waals surface area contributed by atoms with Gasteiger partial charge < -0.3 is 14.2 Å². The minimum Gasteiger partial charge on any atom is -0.497 e. The molecule has 6 nitrogen and oxygen atoms in total. The van der Waals surface area contributed by atoms with Crippen LogP contribution in [-0.4, -0.2) is 26.3 Å². The molecule has 0 spiro atoms. The molecule has 0 aromatic heterocycles. The number of amides is 1. The third-order valence-electron chi connectivity index (χ3n) is 4.28. The fraction of sp³-hybridized carbons (Fsp3) is 0.130. The number of nitrogens with zero attached hydrogens (tertiary/aromatic N) is 1. The Bertz CT molecular complexity index is 1070. The van der Waals surface area contributed by atoms with Crippen molar-refractivity contribution in [2.24, 2.45) is 5.10 Å². The fourth-order valence-electron chi connectivity index (χ4n) is 2.73. The molecule has 0 saturated carbocycles. The Morgan fingerprint density at radius 2 is 1.71 bits per heavy atom. The van der Waals surface area contributed by atoms with Gasteiger partial charge in [0.1, 0.15) is 23.9 Å². The van der Waals surface area contributed by atoms with Gasteiger partial charge in [0.25, 0.3) is 5.91 Å². The molecule has 0 aliphatic carbocycles. The fourth-order valence-corrected chi connectivity index (χ4v) is 4.18. The second kappa shape index (κ2) is 11.0. The third-order valence-corrected chi connectivity index (χ3v) is 5.46. The number of nitrogens with one attached hydrogen (secondary N) is 1. The molecule has 0 bridgehead atoms. The van der Waals surface area contributed by atoms with E-state index in [-0.39, 0.29) is 0 Å². The maximum Gasteiger partial charge on any atom is 0.275 e. The molecule has 8 heteroatoms. The molecule has 31 heavy (non-hydrogen) atoms. The summed E-state index contributed by atoms with van der Waals surface area (Å²) in [5.41, 5.74) is 4.71. The minimum absolute atomic E-state index is 0.354. The number of hydrogen-bond donors (Lipinski definition) is 1. The lowest BCUT2D eigenvalue weighted by Crippen LogP contribution is -2.18. The van der Waals surface area contributed by atoms with E-state index in [9.17, 15) is 4.79 Å². The zero-order chi connectivity index (χ0) is 22.2. The van der Waals surface area contributed by atoms with E-state index < -0.39 is 5.91 Å². The van der Waals surface area contributed by atoms with Crippen molar-refractivity contribution in [1.29, 1.82) is 0 Å². The first-order valence-corrected chi connectivity index (χ1v) is 10.8. The quantitative estimate of drug-likeness (QED) is 0.295. The van der Waals surface area contributed by atoms with Crippen LogP contribution in [0.4, 0.5) is 0 Å². The standard InChI is InChI=1S/C23H20Br2N2O4/c1-29-17-8-9-18(21(12-17)30-2)23(28)27-26-13-16-10-19(24)22(20(25)11-16)31-14-15-6-4-3-5-7-15/h3-13H,14H2,1-2H3,(H,27,28)/b26-13-. The average Bonchev–Trinajstić information content (AvgIpc) is 2.78. The predicted octanol–water partition coefficient (Wildman–Crippen LogP) is 5.57. The van der Waals surface area contributed by atoms with Gasteiger partial charge in [0.05, 0.1) is 34.9 Å². The van der Waals surface area contributed by atoms with Gasteiger partial charge in [-0.2, -0.15) is 5.10 Å². The first-order chi connectivity index (χ1) is 15.0. The third kappa shape index (κ3) is 6.08. The van der Waals surface area contributed by atoms with Gasteiger partial charge in [-0.3, -0.25) is 4.79 Å². The molecule has 3 aromatic rings. The average molecular weight is 548 g/mol. The second-order valence-electron chi connectivity index (χ2n) is 6.35. The Morgan fingerprint density at radius 1 is 1.00 bits per heavy atom. The molecule has 0 unspecified atom stereocenters. The van der Waals surface area contributed by atoms with Gasteiger partial charge in [-0.05, 0) is 67.3 Å². The van der Waals surface area contributed by atoms with E-state index in [4.69, 9.17) is 14.2 Å². The van der Waals surface area contributed by atoms with Gasteiger partial charge in [0.2, 0.25) is 0 Å². The molecule has 0 heterocycles. The predicted molar refractivity (Wildman–Crippen MR) is 127 cm³/mol. The van der Waals surface area contributed by atoms with E-state index in [2.05, 4.69) is 42.4 Å². The molecule has 0 radical (unpaired) electrons. The van der Waals surface area contributed by atoms with Crippen LogP contribution in [0.2, 0.25) is 0 Å². The Balaban J connectivity index is 1.66. The van der Waals surface area contributed by atoms with Crippen LogP contribution in [0.25, 0.3) is 0 Å². The molecule has 0 aliphatic rings. The molecular weight excluding hydrogens is 528 g/mol. The number of ether oxygens (including phenoxy) is 3. The SMILES string of the molecule is COc1ccc(C(=O)N/N=C\c2cc(Br)c(OCc3ccccc3)c(Br)c2)c(OC)c1. The summed E-state index contributed by atoms with van der Waals surface area (Å²) in [6.07, 6.45) is 1.55. The highest BCUT2D eigenvalue weighted by Gasteiger charge is 2.13. The number of hydrazone groups is 1. The van der Waals surface area contributed by atoms with E-state index in [0.717, 1.165) is 20.1 Å². The van der Waals surface area contributed by atoms with Crippen molar-refractivity contribution in [1.82, 2.24) is 5.43 Å². The number of benzene rings is 3. The number of hydrogen-bond acceptors (Lipinski definition) is 5. The Hall–Kier alpha value is -2.84. The second-order valence-corrected chi connectivity index (χ2v) is 8.06. The lowest BCUT2D eigenvalue weighted by atomic mass is 10.2. The van der Waals surface area contributed by atoms with E-state index in [1.54, 1.807) is 31.5 Å². The Morgan fingerprint density at radius 3 is 2.35 bits per heavy atom. The van der Waals surface area contributed by atoms with Crippen molar-refractivity contribution in [3.05, 3.63) is 86.3 Å². The van der Waals surface area contributed by atoms with Crippen molar-refractivity contribution in [3.63, 3.8) is 0 Å². The molecule has 0 atom stereocenters. The number of carbonyl (C=O) groups is 1. The van der Waals surface area contributed by atoms with Crippen molar-refractivity contribution < 1.29 is 19.0 Å². The summed E-state index contributed by atoms with van der Waals surface area (Å²) in [4.78, 5) is 12.4. The van der Waals surface area contributed by atoms with Gasteiger partial charge in [0.15, 0.2) is 0 Å². The van der Waals surface area contributed by atoms with E-state index in [1.165, 1.54) is 7.11 Å². The highest BCUT2D eigenvalue weighted by molar-refractivity contribution is 9.11. The molecule has 1 N–H and O–H groups in total. The Kier molecular flexibility index (Phi) is 8.08. The summed E-state index contributed by atoms with van der Waals surface area (Å²) in [6, 6.07) is 18.6. The maximum atomic E-state index is 12.4. The number of methoxy groups -OCH3 is 2. The van der Waals surface area contributed by atoms with Crippen LogP contribution in [0.1, 0.15) is 21.5 Å². The highest BCUT2D eigenvalue weighted by atomic mass is 79.9. The molecule has 0 fully saturated rings. The largest absolute Gasteiger partial charge is 0.497 e. The smallest absolute Gasteiger partial charge is 0.275 e. The number of rotatable bonds is 8. The van der Waals surface area contributed by atoms with Crippen LogP contribution in [0.3, 0.4) is 0 Å². The van der Waals surface area contributed by atoms with E-state index >= 15 is 0 Å². The normalized spacial score (nSPS) is 10.7. The molecular formula is C23H20Br2N2O4. The monoisotopic (exact) mass is 546 g/mol. The van der Waals surface area contributed by atoms with Crippen molar-refractivity contribution in [2.75, 3.05) is 14.2 Å². The van der Waals surface area contributed by atoms with Gasteiger partial charge >= 0.3 is 0 Å². The van der Waals surface area contributed by atoms with Crippen molar-refractivity contribution in [3.8, 4) is 17.2 Å². The molecule has 0 aliphatic heterocycles. The maximum absolute atomic E-state index is 12.4. The lowest BCUT2D eigenvalue weighted by molar-refractivity contribution is 0.0952. The van der Waals surface area contributed by atoms with E-state index in [1.807, 2.05) is 42.5 Å². The van der Waals surface area contributed by atoms with Gasteiger partial charge in [0, 0.05) is 6.07 Å². The van der Waals surface area contributed by atoms with Gasteiger partial charge in [-0.25, -0.2) is 5.43 Å². The van der Waals surface area contributed by atoms with Crippen LogP contribution in [-0.2, 0) is 6.61 Å². The minimum atomic E-state index is -0.392. The molecule has 3 aromatic carbocycles. The summed E-state index contributed by atoms with van der Waals surface area (Å²) in [6.45, 7) is 0.450. The number of carbonyl (C=O) groups excluding carboxylic acids is 1. The summed E-state index contributed by atoms with van der Waals surface area (Å²) in [5, 5.41) is 4.05. The van der Waals surface area contributed by atoms with Crippen molar-refractivity contribution >= 4 is 44.0 Å². The molecule has 160 valence electrons. The lowest BCUT2D eigenvalue weighted by Gasteiger charge is -2.11.